The van der Waals surface area contributed by atoms with Crippen molar-refractivity contribution in [2.24, 2.45) is 0 Å². The molecule has 0 N–H and O–H groups in total. The summed E-state index contributed by atoms with van der Waals surface area (Å²) < 4.78 is 59.2. The number of pyridine rings is 1. The fraction of sp³-hybridized carbons (Fsp3) is 0.532. The van der Waals surface area contributed by atoms with Gasteiger partial charge in [0.25, 0.3) is 0 Å². The van der Waals surface area contributed by atoms with Crippen LogP contribution in [0.5, 0.6) is 11.9 Å². The van der Waals surface area contributed by atoms with E-state index in [-0.39, 0.29) is 64.6 Å². The van der Waals surface area contributed by atoms with Gasteiger partial charge in [-0.15, -0.1) is 6.42 Å². The van der Waals surface area contributed by atoms with Gasteiger partial charge in [0.05, 0.1) is 35.3 Å². The molecule has 7 heterocycles. The number of anilines is 1. The molecule has 5 aliphatic rings. The van der Waals surface area contributed by atoms with Gasteiger partial charge in [-0.1, -0.05) is 63.1 Å². The normalized spacial score (nSPS) is 26.3. The molecule has 4 aromatic rings. The summed E-state index contributed by atoms with van der Waals surface area (Å²) in [5.41, 5.74) is 0.0391. The molecule has 4 saturated heterocycles. The second-order valence-corrected chi connectivity index (χ2v) is 24.8. The van der Waals surface area contributed by atoms with Crippen molar-refractivity contribution in [3.05, 3.63) is 59.7 Å². The number of hydrogen-bond donors (Lipinski definition) is 0. The number of aromatic nitrogens is 3. The van der Waals surface area contributed by atoms with Crippen LogP contribution in [0.25, 0.3) is 32.9 Å². The van der Waals surface area contributed by atoms with Gasteiger partial charge in [-0.3, -0.25) is 9.80 Å². The van der Waals surface area contributed by atoms with Gasteiger partial charge in [-0.25, -0.2) is 18.6 Å². The van der Waals surface area contributed by atoms with E-state index in [4.69, 9.17) is 40.0 Å². The van der Waals surface area contributed by atoms with Crippen LogP contribution < -0.4 is 14.4 Å². The molecule has 1 amide bonds. The van der Waals surface area contributed by atoms with E-state index in [0.29, 0.717) is 40.5 Å². The Labute approximate surface area is 357 Å². The first-order chi connectivity index (χ1) is 28.7. The lowest BCUT2D eigenvalue weighted by molar-refractivity contribution is 0.000934. The van der Waals surface area contributed by atoms with E-state index in [2.05, 4.69) is 56.2 Å². The largest absolute Gasteiger partial charge is 0.472 e. The summed E-state index contributed by atoms with van der Waals surface area (Å²) in [6, 6.07) is 7.27. The zero-order valence-corrected chi connectivity index (χ0v) is 37.7. The molecule has 0 saturated carbocycles. The standard InChI is InChI=1S/C47H56F2N6O5Si/c1-12-31-33(48)18-16-28-14-13-15-32(35(28)31)38-37(49)39-36-41(54-23-29-17-19-34(40(54)27(3)58-42(36)50-38)55(29)44(56)59-45(4,5)6)52-43(51-39)57-25-47-22-30(24-53(47)21-20-26(47)2)60-61(10,11)46(7,8)9/h1,13-16,18,27,29-30,34,40H,2,17,19-25H2,3-11H3/t27-,29+,30?,34-,40+,47?/m0/s1. The summed E-state index contributed by atoms with van der Waals surface area (Å²) in [5, 5.41) is 1.33. The van der Waals surface area contributed by atoms with Gasteiger partial charge >= 0.3 is 12.1 Å². The van der Waals surface area contributed by atoms with E-state index in [1.165, 1.54) is 6.07 Å². The Morgan fingerprint density at radius 1 is 1.07 bits per heavy atom. The first-order valence-corrected chi connectivity index (χ1v) is 24.4. The Bertz CT molecular complexity index is 2530. The number of hydrogen-bond acceptors (Lipinski definition) is 10. The number of fused-ring (bicyclic) bond motifs is 7. The second-order valence-electron chi connectivity index (χ2n) is 20.1. The van der Waals surface area contributed by atoms with Gasteiger partial charge in [0, 0.05) is 30.6 Å². The lowest BCUT2D eigenvalue weighted by Gasteiger charge is -2.48. The van der Waals surface area contributed by atoms with E-state index < -0.39 is 43.2 Å². The Kier molecular flexibility index (Phi) is 9.77. The highest BCUT2D eigenvalue weighted by Gasteiger charge is 2.56. The van der Waals surface area contributed by atoms with Crippen molar-refractivity contribution in [2.75, 3.05) is 31.1 Å². The van der Waals surface area contributed by atoms with Crippen molar-refractivity contribution in [2.45, 2.75) is 134 Å². The summed E-state index contributed by atoms with van der Waals surface area (Å²) in [7, 11) is -2.08. The Morgan fingerprint density at radius 3 is 2.56 bits per heavy atom. The Balaban J connectivity index is 1.17. The zero-order valence-electron chi connectivity index (χ0n) is 36.7. The van der Waals surface area contributed by atoms with Crippen molar-refractivity contribution >= 4 is 41.9 Å². The molecule has 6 atom stereocenters. The van der Waals surface area contributed by atoms with Crippen molar-refractivity contribution in [1.82, 2.24) is 24.8 Å². The van der Waals surface area contributed by atoms with Gasteiger partial charge in [-0.2, -0.15) is 9.97 Å². The van der Waals surface area contributed by atoms with Crippen LogP contribution in [0.2, 0.25) is 18.1 Å². The molecular weight excluding hydrogens is 795 g/mol. The first kappa shape index (κ1) is 41.5. The summed E-state index contributed by atoms with van der Waals surface area (Å²) >= 11 is 0. The van der Waals surface area contributed by atoms with Crippen molar-refractivity contribution in [3.8, 4) is 35.5 Å². The van der Waals surface area contributed by atoms with Crippen LogP contribution >= 0.6 is 0 Å². The molecule has 2 bridgehead atoms. The highest BCUT2D eigenvalue weighted by Crippen LogP contribution is 2.49. The minimum atomic E-state index is -2.08. The summed E-state index contributed by atoms with van der Waals surface area (Å²) in [6.07, 6.45) is 7.97. The van der Waals surface area contributed by atoms with Crippen molar-refractivity contribution in [3.63, 3.8) is 0 Å². The fourth-order valence-electron chi connectivity index (χ4n) is 10.2. The topological polar surface area (TPSA) is 102 Å². The average molecular weight is 851 g/mol. The lowest BCUT2D eigenvalue weighted by Crippen LogP contribution is -2.65. The minimum absolute atomic E-state index is 0.00390. The van der Waals surface area contributed by atoms with E-state index >= 15 is 8.78 Å². The van der Waals surface area contributed by atoms with Gasteiger partial charge in [0.1, 0.15) is 46.5 Å². The summed E-state index contributed by atoms with van der Waals surface area (Å²) in [4.78, 5) is 35.0. The zero-order chi connectivity index (χ0) is 43.6. The minimum Gasteiger partial charge on any atom is -0.472 e. The molecule has 0 radical (unpaired) electrons. The third-order valence-electron chi connectivity index (χ3n) is 14.1. The number of rotatable bonds is 6. The van der Waals surface area contributed by atoms with E-state index in [1.54, 1.807) is 24.3 Å². The number of carbonyl (C=O) groups is 1. The summed E-state index contributed by atoms with van der Waals surface area (Å²) in [6.45, 7) is 25.5. The molecule has 2 unspecified atom stereocenters. The molecule has 4 fully saturated rings. The van der Waals surface area contributed by atoms with Crippen molar-refractivity contribution in [1.29, 1.82) is 0 Å². The number of benzene rings is 2. The number of amides is 1. The first-order valence-electron chi connectivity index (χ1n) is 21.5. The maximum Gasteiger partial charge on any atom is 0.410 e. The highest BCUT2D eigenvalue weighted by atomic mass is 28.4. The predicted molar refractivity (Wildman–Crippen MR) is 234 cm³/mol. The Hall–Kier alpha value is -4.84. The molecular formula is C47H56F2N6O5Si. The molecule has 14 heteroatoms. The Morgan fingerprint density at radius 2 is 1.84 bits per heavy atom. The number of ether oxygens (including phenoxy) is 3. The van der Waals surface area contributed by atoms with Crippen LogP contribution in [0, 0.1) is 24.0 Å². The van der Waals surface area contributed by atoms with E-state index in [0.717, 1.165) is 37.9 Å². The lowest BCUT2D eigenvalue weighted by atomic mass is 9.90. The molecule has 322 valence electrons. The molecule has 61 heavy (non-hydrogen) atoms. The summed E-state index contributed by atoms with van der Waals surface area (Å²) in [5.74, 6) is 1.68. The van der Waals surface area contributed by atoms with Gasteiger partial charge in [0.2, 0.25) is 5.88 Å². The van der Waals surface area contributed by atoms with Crippen LogP contribution in [0.15, 0.2) is 42.5 Å². The second kappa shape index (κ2) is 14.4. The smallest absolute Gasteiger partial charge is 0.410 e. The fourth-order valence-corrected chi connectivity index (χ4v) is 11.6. The van der Waals surface area contributed by atoms with Crippen molar-refractivity contribution < 1.29 is 32.2 Å². The molecule has 5 aliphatic heterocycles. The molecule has 0 spiro atoms. The molecule has 2 aromatic carbocycles. The van der Waals surface area contributed by atoms with Gasteiger partial charge in [0.15, 0.2) is 14.1 Å². The number of halogens is 2. The maximum atomic E-state index is 17.7. The van der Waals surface area contributed by atoms with Gasteiger partial charge in [-0.05, 0) is 83.0 Å². The monoisotopic (exact) mass is 850 g/mol. The van der Waals surface area contributed by atoms with E-state index in [9.17, 15) is 4.79 Å². The third-order valence-corrected chi connectivity index (χ3v) is 18.6. The van der Waals surface area contributed by atoms with Crippen LogP contribution in [0.3, 0.4) is 0 Å². The number of nitrogens with zero attached hydrogens (tertiary/aromatic N) is 6. The van der Waals surface area contributed by atoms with Crippen LogP contribution in [-0.2, 0) is 9.16 Å². The van der Waals surface area contributed by atoms with Crippen LogP contribution in [-0.4, -0.2) is 107 Å². The SMILES string of the molecule is C#Cc1c(F)ccc2cccc(-c3nc4c5c(nc(OCC67CC(O[Si](C)(C)C(C)(C)C)CN6CCC7=C)nc5c3F)N3C[C@H]5CC[C@@H]([C@H]3[C@H](C)O4)N5C(=O)OC(C)(C)C)c12. The maximum absolute atomic E-state index is 17.7. The molecule has 2 aromatic heterocycles. The van der Waals surface area contributed by atoms with E-state index in [1.807, 2.05) is 32.6 Å². The molecule has 11 nitrogen and oxygen atoms in total. The highest BCUT2D eigenvalue weighted by molar-refractivity contribution is 6.74. The quantitative estimate of drug-likeness (QED) is 0.106. The number of carbonyl (C=O) groups excluding carboxylic acids is 1. The molecule has 9 rings (SSSR count). The average Bonchev–Trinajstić information content (AvgIpc) is 3.77. The third kappa shape index (κ3) is 6.73. The predicted octanol–water partition coefficient (Wildman–Crippen LogP) is 9.02. The molecule has 0 aliphatic carbocycles. The number of terminal acetylenes is 1. The van der Waals surface area contributed by atoms with Crippen LogP contribution in [0.4, 0.5) is 19.4 Å². The number of piperazine rings is 1. The van der Waals surface area contributed by atoms with Gasteiger partial charge < -0.3 is 23.5 Å². The van der Waals surface area contributed by atoms with Crippen LogP contribution in [0.1, 0.15) is 79.7 Å².